The van der Waals surface area contributed by atoms with Crippen LogP contribution in [0.3, 0.4) is 0 Å². The molecule has 0 aromatic carbocycles. The average molecular weight is 204 g/mol. The third-order valence-corrected chi connectivity index (χ3v) is 2.77. The molecule has 0 amide bonds. The van der Waals surface area contributed by atoms with Crippen molar-refractivity contribution in [2.75, 3.05) is 26.1 Å². The number of guanidine groups is 1. The van der Waals surface area contributed by atoms with E-state index >= 15 is 0 Å². The lowest BCUT2D eigenvalue weighted by Gasteiger charge is -2.28. The van der Waals surface area contributed by atoms with Crippen LogP contribution in [-0.4, -0.2) is 43.0 Å². The SMILES string of the molecule is CCC(CSC)N(C)C(=NC)NN. The molecule has 1 unspecified atom stereocenters. The van der Waals surface area contributed by atoms with Gasteiger partial charge in [-0.25, -0.2) is 5.84 Å². The fourth-order valence-electron chi connectivity index (χ4n) is 1.19. The average Bonchev–Trinajstić information content (AvgIpc) is 2.15. The standard InChI is InChI=1S/C8H20N4S/c1-5-7(6-13-4)12(3)8(10-2)11-9/h7H,5-6,9H2,1-4H3,(H,10,11). The number of aliphatic imine (C=N–C) groups is 1. The molecule has 3 N–H and O–H groups in total. The van der Waals surface area contributed by atoms with E-state index < -0.39 is 0 Å². The second kappa shape index (κ2) is 7.03. The molecular formula is C8H20N4S. The third kappa shape index (κ3) is 3.87. The summed E-state index contributed by atoms with van der Waals surface area (Å²) >= 11 is 1.84. The summed E-state index contributed by atoms with van der Waals surface area (Å²) in [6.45, 7) is 2.17. The van der Waals surface area contributed by atoms with Crippen LogP contribution in [0.25, 0.3) is 0 Å². The number of nitrogens with zero attached hydrogens (tertiary/aromatic N) is 2. The van der Waals surface area contributed by atoms with Crippen molar-refractivity contribution in [2.45, 2.75) is 19.4 Å². The summed E-state index contributed by atoms with van der Waals surface area (Å²) in [7, 11) is 3.74. The predicted octanol–water partition coefficient (Wildman–Crippen LogP) is 0.509. The van der Waals surface area contributed by atoms with E-state index in [9.17, 15) is 0 Å². The largest absolute Gasteiger partial charge is 0.341 e. The number of hydrazine groups is 1. The van der Waals surface area contributed by atoms with Crippen molar-refractivity contribution in [3.05, 3.63) is 0 Å². The molecule has 0 saturated heterocycles. The van der Waals surface area contributed by atoms with Crippen molar-refractivity contribution in [1.29, 1.82) is 0 Å². The molecule has 78 valence electrons. The molecule has 0 aliphatic carbocycles. The lowest BCUT2D eigenvalue weighted by Crippen LogP contribution is -2.48. The molecule has 0 fully saturated rings. The molecule has 0 spiro atoms. The molecule has 0 aliphatic heterocycles. The van der Waals surface area contributed by atoms with Crippen molar-refractivity contribution in [2.24, 2.45) is 10.8 Å². The van der Waals surface area contributed by atoms with Gasteiger partial charge in [-0.2, -0.15) is 11.8 Å². The number of hydrogen-bond acceptors (Lipinski definition) is 3. The van der Waals surface area contributed by atoms with Crippen molar-refractivity contribution in [3.8, 4) is 0 Å². The van der Waals surface area contributed by atoms with Gasteiger partial charge in [-0.15, -0.1) is 0 Å². The molecule has 0 aromatic rings. The van der Waals surface area contributed by atoms with Crippen LogP contribution in [0.5, 0.6) is 0 Å². The lowest BCUT2D eigenvalue weighted by molar-refractivity contribution is 0.374. The Morgan fingerprint density at radius 3 is 2.62 bits per heavy atom. The topological polar surface area (TPSA) is 53.6 Å². The second-order valence-electron chi connectivity index (χ2n) is 2.82. The van der Waals surface area contributed by atoms with E-state index in [1.807, 2.05) is 18.8 Å². The number of rotatable bonds is 4. The van der Waals surface area contributed by atoms with Crippen LogP contribution in [0.4, 0.5) is 0 Å². The van der Waals surface area contributed by atoms with E-state index in [1.165, 1.54) is 0 Å². The summed E-state index contributed by atoms with van der Waals surface area (Å²) in [5, 5.41) is 0. The first-order valence-electron chi connectivity index (χ1n) is 4.36. The van der Waals surface area contributed by atoms with Gasteiger partial charge in [-0.3, -0.25) is 10.4 Å². The van der Waals surface area contributed by atoms with Crippen LogP contribution in [-0.2, 0) is 0 Å². The molecule has 0 aliphatic rings. The molecule has 0 heterocycles. The Labute approximate surface area is 84.9 Å². The van der Waals surface area contributed by atoms with Gasteiger partial charge in [0.1, 0.15) is 0 Å². The van der Waals surface area contributed by atoms with Crippen LogP contribution in [0.2, 0.25) is 0 Å². The lowest BCUT2D eigenvalue weighted by atomic mass is 10.2. The van der Waals surface area contributed by atoms with Gasteiger partial charge in [-0.05, 0) is 12.7 Å². The summed E-state index contributed by atoms with van der Waals surface area (Å²) in [5.41, 5.74) is 2.59. The van der Waals surface area contributed by atoms with Gasteiger partial charge in [0, 0.05) is 25.9 Å². The van der Waals surface area contributed by atoms with E-state index in [2.05, 4.69) is 28.5 Å². The van der Waals surface area contributed by atoms with E-state index in [4.69, 9.17) is 5.84 Å². The monoisotopic (exact) mass is 204 g/mol. The van der Waals surface area contributed by atoms with Gasteiger partial charge in [-0.1, -0.05) is 6.92 Å². The highest BCUT2D eigenvalue weighted by Gasteiger charge is 2.14. The fourth-order valence-corrected chi connectivity index (χ4v) is 2.04. The summed E-state index contributed by atoms with van der Waals surface area (Å²) in [4.78, 5) is 6.13. The second-order valence-corrected chi connectivity index (χ2v) is 3.73. The first kappa shape index (κ1) is 12.6. The summed E-state index contributed by atoms with van der Waals surface area (Å²) in [6.07, 6.45) is 3.20. The van der Waals surface area contributed by atoms with Gasteiger partial charge in [0.15, 0.2) is 0 Å². The molecule has 0 bridgehead atoms. The van der Waals surface area contributed by atoms with Gasteiger partial charge >= 0.3 is 0 Å². The molecule has 0 radical (unpaired) electrons. The highest BCUT2D eigenvalue weighted by molar-refractivity contribution is 7.98. The highest BCUT2D eigenvalue weighted by atomic mass is 32.2. The normalized spacial score (nSPS) is 14.1. The zero-order valence-corrected chi connectivity index (χ0v) is 9.69. The Bertz CT molecular complexity index is 160. The van der Waals surface area contributed by atoms with Gasteiger partial charge < -0.3 is 4.90 Å². The third-order valence-electron chi connectivity index (χ3n) is 2.05. The maximum Gasteiger partial charge on any atom is 0.208 e. The maximum absolute atomic E-state index is 5.34. The van der Waals surface area contributed by atoms with E-state index in [-0.39, 0.29) is 0 Å². The molecule has 0 aromatic heterocycles. The Balaban J connectivity index is 4.25. The van der Waals surface area contributed by atoms with Crippen LogP contribution in [0.15, 0.2) is 4.99 Å². The first-order valence-corrected chi connectivity index (χ1v) is 5.75. The molecule has 5 heteroatoms. The smallest absolute Gasteiger partial charge is 0.208 e. The van der Waals surface area contributed by atoms with Crippen molar-refractivity contribution in [3.63, 3.8) is 0 Å². The molecule has 0 saturated carbocycles. The van der Waals surface area contributed by atoms with E-state index in [1.54, 1.807) is 7.05 Å². The van der Waals surface area contributed by atoms with Crippen LogP contribution < -0.4 is 11.3 Å². The minimum atomic E-state index is 0.491. The minimum absolute atomic E-state index is 0.491. The Morgan fingerprint density at radius 1 is 1.69 bits per heavy atom. The molecule has 1 atom stereocenters. The Hall–Kier alpha value is -0.420. The number of nitrogens with one attached hydrogen (secondary N) is 1. The molecule has 0 rings (SSSR count). The predicted molar refractivity (Wildman–Crippen MR) is 60.9 cm³/mol. The van der Waals surface area contributed by atoms with Crippen molar-refractivity contribution >= 4 is 17.7 Å². The number of thioether (sulfide) groups is 1. The van der Waals surface area contributed by atoms with Gasteiger partial charge in [0.2, 0.25) is 5.96 Å². The van der Waals surface area contributed by atoms with Gasteiger partial charge in [0.25, 0.3) is 0 Å². The summed E-state index contributed by atoms with van der Waals surface area (Å²) in [6, 6.07) is 0.491. The minimum Gasteiger partial charge on any atom is -0.341 e. The first-order chi connectivity index (χ1) is 6.21. The zero-order chi connectivity index (χ0) is 10.3. The molecular weight excluding hydrogens is 184 g/mol. The summed E-state index contributed by atoms with van der Waals surface area (Å²) in [5.74, 6) is 7.17. The fraction of sp³-hybridized carbons (Fsp3) is 0.875. The van der Waals surface area contributed by atoms with E-state index in [0.29, 0.717) is 6.04 Å². The Morgan fingerprint density at radius 2 is 2.31 bits per heavy atom. The Kier molecular flexibility index (Phi) is 6.80. The highest BCUT2D eigenvalue weighted by Crippen LogP contribution is 2.07. The van der Waals surface area contributed by atoms with Crippen molar-refractivity contribution in [1.82, 2.24) is 10.3 Å². The van der Waals surface area contributed by atoms with Crippen LogP contribution in [0, 0.1) is 0 Å². The van der Waals surface area contributed by atoms with Crippen LogP contribution in [0.1, 0.15) is 13.3 Å². The molecule has 4 nitrogen and oxygen atoms in total. The van der Waals surface area contributed by atoms with Gasteiger partial charge in [0.05, 0.1) is 0 Å². The summed E-state index contributed by atoms with van der Waals surface area (Å²) < 4.78 is 0. The number of nitrogens with two attached hydrogens (primary N) is 1. The quantitative estimate of drug-likeness (QED) is 0.303. The van der Waals surface area contributed by atoms with E-state index in [0.717, 1.165) is 18.1 Å². The molecule has 13 heavy (non-hydrogen) atoms. The maximum atomic E-state index is 5.34. The number of hydrogen-bond donors (Lipinski definition) is 2. The zero-order valence-electron chi connectivity index (χ0n) is 8.87. The van der Waals surface area contributed by atoms with Crippen molar-refractivity contribution < 1.29 is 0 Å². The van der Waals surface area contributed by atoms with Crippen LogP contribution >= 0.6 is 11.8 Å².